The Balaban J connectivity index is 1.75. The Labute approximate surface area is 109 Å². The standard InChI is InChI=1S/C13H14N4O2/c1-2-17-8-9(7-15-17)6-14-10-3-4-12-11(5-10)16-13(18)19-12/h3-5,7-8,14H,2,6H2,1H3,(H,16,18). The predicted molar refractivity (Wildman–Crippen MR) is 72.1 cm³/mol. The third-order valence-corrected chi connectivity index (χ3v) is 2.93. The molecule has 3 rings (SSSR count). The van der Waals surface area contributed by atoms with Crippen LogP contribution in [0.4, 0.5) is 5.69 Å². The molecule has 0 spiro atoms. The van der Waals surface area contributed by atoms with E-state index in [2.05, 4.69) is 15.4 Å². The van der Waals surface area contributed by atoms with E-state index in [-0.39, 0.29) is 0 Å². The molecule has 2 heterocycles. The minimum absolute atomic E-state index is 0.434. The first-order valence-electron chi connectivity index (χ1n) is 6.12. The summed E-state index contributed by atoms with van der Waals surface area (Å²) in [5.74, 6) is -0.434. The van der Waals surface area contributed by atoms with Crippen molar-refractivity contribution < 1.29 is 4.42 Å². The largest absolute Gasteiger partial charge is 0.417 e. The number of nitrogens with one attached hydrogen (secondary N) is 2. The molecule has 0 saturated carbocycles. The number of fused-ring (bicyclic) bond motifs is 1. The van der Waals surface area contributed by atoms with Crippen LogP contribution in [-0.4, -0.2) is 14.8 Å². The lowest BCUT2D eigenvalue weighted by Crippen LogP contribution is -1.98. The van der Waals surface area contributed by atoms with E-state index < -0.39 is 5.76 Å². The third kappa shape index (κ3) is 2.37. The van der Waals surface area contributed by atoms with Crippen molar-refractivity contribution >= 4 is 16.8 Å². The number of H-pyrrole nitrogens is 1. The maximum atomic E-state index is 11.1. The van der Waals surface area contributed by atoms with Gasteiger partial charge in [0.2, 0.25) is 0 Å². The van der Waals surface area contributed by atoms with Crippen LogP contribution in [0.5, 0.6) is 0 Å². The molecule has 2 N–H and O–H groups in total. The molecule has 19 heavy (non-hydrogen) atoms. The van der Waals surface area contributed by atoms with Crippen LogP contribution in [0.3, 0.4) is 0 Å². The molecule has 1 aromatic carbocycles. The number of hydrogen-bond acceptors (Lipinski definition) is 4. The van der Waals surface area contributed by atoms with Gasteiger partial charge in [-0.3, -0.25) is 9.67 Å². The average Bonchev–Trinajstić information content (AvgIpc) is 3.00. The molecule has 0 radical (unpaired) electrons. The van der Waals surface area contributed by atoms with Crippen molar-refractivity contribution in [2.75, 3.05) is 5.32 Å². The maximum absolute atomic E-state index is 11.1. The number of anilines is 1. The SMILES string of the molecule is CCn1cc(CNc2ccc3oc(=O)[nH]c3c2)cn1. The number of nitrogens with zero attached hydrogens (tertiary/aromatic N) is 2. The van der Waals surface area contributed by atoms with Crippen LogP contribution in [0.1, 0.15) is 12.5 Å². The third-order valence-electron chi connectivity index (χ3n) is 2.93. The Kier molecular flexibility index (Phi) is 2.83. The molecule has 0 amide bonds. The summed E-state index contributed by atoms with van der Waals surface area (Å²) in [6.07, 6.45) is 3.85. The molecule has 0 bridgehead atoms. The van der Waals surface area contributed by atoms with Crippen molar-refractivity contribution in [1.29, 1.82) is 0 Å². The summed E-state index contributed by atoms with van der Waals surface area (Å²) in [5, 5.41) is 7.50. The first-order valence-corrected chi connectivity index (χ1v) is 6.12. The second kappa shape index (κ2) is 4.64. The molecule has 0 saturated heterocycles. The van der Waals surface area contributed by atoms with Crippen molar-refractivity contribution in [3.05, 3.63) is 46.7 Å². The van der Waals surface area contributed by atoms with E-state index in [1.807, 2.05) is 36.1 Å². The van der Waals surface area contributed by atoms with Gasteiger partial charge >= 0.3 is 5.76 Å². The van der Waals surface area contributed by atoms with E-state index >= 15 is 0 Å². The van der Waals surface area contributed by atoms with Crippen LogP contribution in [0.2, 0.25) is 0 Å². The minimum atomic E-state index is -0.434. The molecular formula is C13H14N4O2. The number of aryl methyl sites for hydroxylation is 1. The summed E-state index contributed by atoms with van der Waals surface area (Å²) in [7, 11) is 0. The lowest BCUT2D eigenvalue weighted by molar-refractivity contribution is 0.555. The van der Waals surface area contributed by atoms with Crippen LogP contribution in [-0.2, 0) is 13.1 Å². The topological polar surface area (TPSA) is 75.8 Å². The maximum Gasteiger partial charge on any atom is 0.417 e. The smallest absolute Gasteiger partial charge is 0.408 e. The molecule has 0 aliphatic rings. The Morgan fingerprint density at radius 3 is 3.16 bits per heavy atom. The van der Waals surface area contributed by atoms with Gasteiger partial charge in [-0.15, -0.1) is 0 Å². The number of benzene rings is 1. The van der Waals surface area contributed by atoms with Crippen molar-refractivity contribution in [1.82, 2.24) is 14.8 Å². The molecule has 0 fully saturated rings. The summed E-state index contributed by atoms with van der Waals surface area (Å²) in [4.78, 5) is 13.7. The summed E-state index contributed by atoms with van der Waals surface area (Å²) < 4.78 is 6.83. The van der Waals surface area contributed by atoms with Crippen LogP contribution in [0, 0.1) is 0 Å². The summed E-state index contributed by atoms with van der Waals surface area (Å²) >= 11 is 0. The second-order valence-electron chi connectivity index (χ2n) is 4.28. The summed E-state index contributed by atoms with van der Waals surface area (Å²) in [5.41, 5.74) is 3.30. The van der Waals surface area contributed by atoms with E-state index in [4.69, 9.17) is 4.42 Å². The van der Waals surface area contributed by atoms with Crippen LogP contribution < -0.4 is 11.1 Å². The fraction of sp³-hybridized carbons (Fsp3) is 0.231. The summed E-state index contributed by atoms with van der Waals surface area (Å²) in [6, 6.07) is 5.50. The van der Waals surface area contributed by atoms with Gasteiger partial charge in [0.15, 0.2) is 5.58 Å². The molecule has 6 nitrogen and oxygen atoms in total. The van der Waals surface area contributed by atoms with Gasteiger partial charge in [0.1, 0.15) is 0 Å². The number of hydrogen-bond donors (Lipinski definition) is 2. The van der Waals surface area contributed by atoms with Gasteiger partial charge in [-0.05, 0) is 25.1 Å². The van der Waals surface area contributed by atoms with Gasteiger partial charge in [0.25, 0.3) is 0 Å². The summed E-state index contributed by atoms with van der Waals surface area (Å²) in [6.45, 7) is 3.60. The lowest BCUT2D eigenvalue weighted by Gasteiger charge is -2.03. The molecule has 98 valence electrons. The van der Waals surface area contributed by atoms with Crippen molar-refractivity contribution in [3.8, 4) is 0 Å². The van der Waals surface area contributed by atoms with E-state index in [0.29, 0.717) is 17.6 Å². The van der Waals surface area contributed by atoms with E-state index in [0.717, 1.165) is 17.8 Å². The fourth-order valence-corrected chi connectivity index (χ4v) is 1.94. The van der Waals surface area contributed by atoms with Crippen molar-refractivity contribution in [3.63, 3.8) is 0 Å². The van der Waals surface area contributed by atoms with Gasteiger partial charge in [-0.25, -0.2) is 4.79 Å². The Bertz CT molecular complexity index is 753. The van der Waals surface area contributed by atoms with Gasteiger partial charge in [-0.1, -0.05) is 0 Å². The fourth-order valence-electron chi connectivity index (χ4n) is 1.94. The monoisotopic (exact) mass is 258 g/mol. The zero-order chi connectivity index (χ0) is 13.2. The highest BCUT2D eigenvalue weighted by molar-refractivity contribution is 5.76. The molecular weight excluding hydrogens is 244 g/mol. The molecule has 0 aliphatic heterocycles. The number of aromatic nitrogens is 3. The lowest BCUT2D eigenvalue weighted by atomic mass is 10.2. The molecule has 6 heteroatoms. The average molecular weight is 258 g/mol. The van der Waals surface area contributed by atoms with E-state index in [9.17, 15) is 4.79 Å². The van der Waals surface area contributed by atoms with E-state index in [1.54, 1.807) is 6.07 Å². The first kappa shape index (κ1) is 11.6. The second-order valence-corrected chi connectivity index (χ2v) is 4.28. The van der Waals surface area contributed by atoms with Gasteiger partial charge in [-0.2, -0.15) is 5.10 Å². The molecule has 3 aromatic rings. The molecule has 0 unspecified atom stereocenters. The Morgan fingerprint density at radius 1 is 1.47 bits per heavy atom. The van der Waals surface area contributed by atoms with Crippen molar-refractivity contribution in [2.45, 2.75) is 20.0 Å². The number of oxazole rings is 1. The predicted octanol–water partition coefficient (Wildman–Crippen LogP) is 1.95. The van der Waals surface area contributed by atoms with Gasteiger partial charge < -0.3 is 9.73 Å². The number of rotatable bonds is 4. The quantitative estimate of drug-likeness (QED) is 0.750. The zero-order valence-electron chi connectivity index (χ0n) is 10.5. The normalized spacial score (nSPS) is 11.0. The zero-order valence-corrected chi connectivity index (χ0v) is 10.5. The number of aromatic amines is 1. The van der Waals surface area contributed by atoms with Gasteiger partial charge in [0.05, 0.1) is 11.7 Å². The Hall–Kier alpha value is -2.50. The Morgan fingerprint density at radius 2 is 2.37 bits per heavy atom. The van der Waals surface area contributed by atoms with Crippen LogP contribution in [0.25, 0.3) is 11.1 Å². The molecule has 0 aliphatic carbocycles. The highest BCUT2D eigenvalue weighted by atomic mass is 16.4. The molecule has 0 atom stereocenters. The van der Waals surface area contributed by atoms with Gasteiger partial charge in [0, 0.05) is 30.5 Å². The van der Waals surface area contributed by atoms with E-state index in [1.165, 1.54) is 0 Å². The minimum Gasteiger partial charge on any atom is -0.408 e. The first-order chi connectivity index (χ1) is 9.24. The highest BCUT2D eigenvalue weighted by Crippen LogP contribution is 2.16. The van der Waals surface area contributed by atoms with Crippen LogP contribution in [0.15, 0.2) is 39.8 Å². The molecule has 2 aromatic heterocycles. The van der Waals surface area contributed by atoms with Crippen LogP contribution >= 0.6 is 0 Å². The highest BCUT2D eigenvalue weighted by Gasteiger charge is 2.02. The van der Waals surface area contributed by atoms with Crippen molar-refractivity contribution in [2.24, 2.45) is 0 Å².